The average Bonchev–Trinajstić information content (AvgIpc) is 1.53. The van der Waals surface area contributed by atoms with Crippen LogP contribution in [0.25, 0.3) is 16.4 Å². The maximum Gasteiger partial charge on any atom is 0.415 e. The Morgan fingerprint density at radius 3 is 2.23 bits per heavy atom. The van der Waals surface area contributed by atoms with E-state index in [1.54, 1.807) is 84.1 Å². The molecule has 8 rings (SSSR count). The van der Waals surface area contributed by atoms with Gasteiger partial charge in [-0.15, -0.1) is 11.6 Å². The van der Waals surface area contributed by atoms with E-state index in [4.69, 9.17) is 42.0 Å². The third kappa shape index (κ3) is 19.5. The van der Waals surface area contributed by atoms with Crippen molar-refractivity contribution in [3.05, 3.63) is 137 Å². The molecule has 0 saturated heterocycles. The van der Waals surface area contributed by atoms with E-state index in [0.717, 1.165) is 33.6 Å². The van der Waals surface area contributed by atoms with Gasteiger partial charge in [-0.1, -0.05) is 44.2 Å². The summed E-state index contributed by atoms with van der Waals surface area (Å²) in [6, 6.07) is 19.6. The Hall–Kier alpha value is -10.7. The van der Waals surface area contributed by atoms with E-state index < -0.39 is 89.5 Å². The largest absolute Gasteiger partial charge is 0.508 e. The molecule has 0 aliphatic carbocycles. The number of nitrogens with one attached hydrogen (secondary N) is 4. The number of aliphatic carboxylic acids is 1. The van der Waals surface area contributed by atoms with Crippen LogP contribution < -0.4 is 42.4 Å². The van der Waals surface area contributed by atoms with Gasteiger partial charge in [0.2, 0.25) is 5.91 Å². The number of ketones is 1. The number of pyridine rings is 1. The molecular formula is C68H79ClN12O17. The summed E-state index contributed by atoms with van der Waals surface area (Å²) in [7, 11) is 1.48. The molecule has 4 aromatic carbocycles. The number of rotatable bonds is 33. The number of hydrogen-bond donors (Lipinski definition) is 8. The first kappa shape index (κ1) is 73.2. The number of phenols is 1. The standard InChI is InChI=1S/C68H79ClN12O17/c1-40(2)60(76-66(92)96-32-31-95-30-29-80-56(84)23-24-57(80)85)53(83)33-44(10-8-25-72-65(71)91)62(87)73-46-17-13-42(14-18-46)39-97-67(93)77(4)27-28-78(26-6-5-12-50(70)64(89)90)68(94)98-54-34-52-59(58-41(3)9-7-11-49(54)58)45(35-69)36-81(52)63(88)51-38-79-37-47(19-22-55(79)75-51)74-61(86)43-15-20-48(82)21-16-43/h7,9,11,13-24,34,37-38,40,44-45,50,60,82H,5-6,8,10,12,25-33,35-36,39,70H2,1-4H3,(H,73,87)(H,74,86)(H,76,92)(H,89,90)(H3,71,72,91)/t44-,45-,50+,60+/m1/s1. The summed E-state index contributed by atoms with van der Waals surface area (Å²) in [5.41, 5.74) is 15.2. The van der Waals surface area contributed by atoms with Gasteiger partial charge in [-0.25, -0.2) is 24.2 Å². The lowest BCUT2D eigenvalue weighted by Gasteiger charge is -2.26. The molecule has 4 atom stereocenters. The number of primary amides is 1. The number of fused-ring (bicyclic) bond motifs is 4. The molecule has 4 heterocycles. The number of imide groups is 1. The SMILES string of the molecule is Cc1cccc2c(OC(=O)N(CCCC[C@H](N)C(=O)O)CCN(C)C(=O)OCc3ccc(NC(=O)[C@H](CCCNC(N)=O)CC(=O)[C@@H](NC(=O)OCCOCCN4C(=O)C=CC4=O)C(C)C)cc3)cc3c(c12)[C@H](CCl)CN3C(=O)c1cn2cc(NC(=O)c3ccc(O)cc3)ccc2n1. The number of nitrogens with zero attached hydrogens (tertiary/aromatic N) is 6. The lowest BCUT2D eigenvalue weighted by atomic mass is 9.89. The van der Waals surface area contributed by atoms with Crippen LogP contribution in [0, 0.1) is 18.8 Å². The molecule has 6 aromatic rings. The van der Waals surface area contributed by atoms with Crippen molar-refractivity contribution in [3.63, 3.8) is 0 Å². The number of imidazole rings is 1. The molecule has 520 valence electrons. The smallest absolute Gasteiger partial charge is 0.415 e. The number of carboxylic acids is 1. The highest BCUT2D eigenvalue weighted by atomic mass is 35.5. The Kier molecular flexibility index (Phi) is 25.6. The quantitative estimate of drug-likeness (QED) is 0.0116. The summed E-state index contributed by atoms with van der Waals surface area (Å²) in [4.78, 5) is 152. The predicted octanol–water partition coefficient (Wildman–Crippen LogP) is 7.04. The lowest BCUT2D eigenvalue weighted by Crippen LogP contribution is -2.46. The molecule has 0 bridgehead atoms. The Labute approximate surface area is 568 Å². The number of halogens is 1. The van der Waals surface area contributed by atoms with E-state index in [9.17, 15) is 63.0 Å². The number of aryl methyl sites for hydroxylation is 1. The number of aromatic nitrogens is 2. The zero-order valence-corrected chi connectivity index (χ0v) is 55.3. The first-order chi connectivity index (χ1) is 46.9. The van der Waals surface area contributed by atoms with E-state index in [1.807, 2.05) is 19.1 Å². The Bertz CT molecular complexity index is 3960. The van der Waals surface area contributed by atoms with Crippen LogP contribution in [-0.2, 0) is 44.8 Å². The molecule has 2 aromatic heterocycles. The van der Waals surface area contributed by atoms with Gasteiger partial charge in [0.15, 0.2) is 5.78 Å². The first-order valence-corrected chi connectivity index (χ1v) is 32.3. The molecule has 10 amide bonds. The van der Waals surface area contributed by atoms with Gasteiger partial charge >= 0.3 is 30.3 Å². The van der Waals surface area contributed by atoms with E-state index in [2.05, 4.69) is 26.3 Å². The minimum Gasteiger partial charge on any atom is -0.508 e. The molecule has 98 heavy (non-hydrogen) atoms. The number of carboxylic acid groups (broad SMARTS) is 1. The lowest BCUT2D eigenvalue weighted by molar-refractivity contribution is -0.139. The molecule has 30 heteroatoms. The topological polar surface area (TPSA) is 396 Å². The number of carbonyl (C=O) groups excluding carboxylic acids is 10. The van der Waals surface area contributed by atoms with Gasteiger partial charge < -0.3 is 81.0 Å². The Morgan fingerprint density at radius 2 is 1.54 bits per heavy atom. The van der Waals surface area contributed by atoms with Crippen molar-refractivity contribution in [1.82, 2.24) is 34.7 Å². The summed E-state index contributed by atoms with van der Waals surface area (Å²) in [5, 5.41) is 31.1. The van der Waals surface area contributed by atoms with Crippen LogP contribution in [-0.4, -0.2) is 184 Å². The van der Waals surface area contributed by atoms with Crippen LogP contribution >= 0.6 is 11.6 Å². The summed E-state index contributed by atoms with van der Waals surface area (Å²) in [5.74, 6) is -5.35. The highest BCUT2D eigenvalue weighted by molar-refractivity contribution is 6.19. The molecule has 0 radical (unpaired) electrons. The minimum absolute atomic E-state index is 0.0126. The highest BCUT2D eigenvalue weighted by Gasteiger charge is 2.38. The molecule has 29 nitrogen and oxygen atoms in total. The zero-order chi connectivity index (χ0) is 70.7. The number of nitrogens with two attached hydrogens (primary N) is 2. The number of phenolic OH excluding ortho intramolecular Hbond substituents is 1. The minimum atomic E-state index is -1.17. The van der Waals surface area contributed by atoms with Crippen LogP contribution in [0.15, 0.2) is 109 Å². The second-order valence-electron chi connectivity index (χ2n) is 23.9. The van der Waals surface area contributed by atoms with Gasteiger partial charge in [0.25, 0.3) is 23.6 Å². The summed E-state index contributed by atoms with van der Waals surface area (Å²) < 4.78 is 24.1. The fraction of sp³-hybridized carbons (Fsp3) is 0.382. The number of urea groups is 1. The van der Waals surface area contributed by atoms with Crippen molar-refractivity contribution in [3.8, 4) is 11.5 Å². The van der Waals surface area contributed by atoms with Gasteiger partial charge in [0, 0.05) is 111 Å². The number of hydrogen-bond acceptors (Lipinski definition) is 18. The third-order valence-electron chi connectivity index (χ3n) is 16.5. The Balaban J connectivity index is 0.886. The van der Waals surface area contributed by atoms with Crippen molar-refractivity contribution in [2.75, 3.05) is 87.6 Å². The number of alkyl halides is 1. The fourth-order valence-corrected chi connectivity index (χ4v) is 11.4. The summed E-state index contributed by atoms with van der Waals surface area (Å²) in [6.45, 7) is 5.14. The van der Waals surface area contributed by atoms with Gasteiger partial charge in [-0.05, 0) is 116 Å². The maximum absolute atomic E-state index is 14.7. The second-order valence-corrected chi connectivity index (χ2v) is 24.2. The first-order valence-electron chi connectivity index (χ1n) is 31.8. The van der Waals surface area contributed by atoms with E-state index in [-0.39, 0.29) is 120 Å². The number of anilines is 3. The van der Waals surface area contributed by atoms with E-state index in [1.165, 1.54) is 41.1 Å². The number of likely N-dealkylation sites (N-methyl/N-ethyl adjacent to an activating group) is 1. The van der Waals surface area contributed by atoms with E-state index in [0.29, 0.717) is 52.1 Å². The number of aromatic hydroxyl groups is 1. The zero-order valence-electron chi connectivity index (χ0n) is 54.5. The molecule has 0 spiro atoms. The second kappa shape index (κ2) is 34.3. The number of alkyl carbamates (subject to hydrolysis) is 1. The van der Waals surface area contributed by atoms with Gasteiger partial charge in [0.1, 0.15) is 42.1 Å². The normalized spacial score (nSPS) is 14.2. The van der Waals surface area contributed by atoms with Crippen molar-refractivity contribution in [2.45, 2.75) is 83.9 Å². The average molecular weight is 1370 g/mol. The molecule has 2 aliphatic heterocycles. The molecule has 10 N–H and O–H groups in total. The molecule has 0 unspecified atom stereocenters. The van der Waals surface area contributed by atoms with E-state index >= 15 is 0 Å². The molecule has 0 fully saturated rings. The maximum atomic E-state index is 14.7. The molecular weight excluding hydrogens is 1290 g/mol. The van der Waals surface area contributed by atoms with Gasteiger partial charge in [0.05, 0.1) is 37.2 Å². The van der Waals surface area contributed by atoms with Crippen LogP contribution in [0.4, 0.5) is 36.2 Å². The monoisotopic (exact) mass is 1370 g/mol. The predicted molar refractivity (Wildman–Crippen MR) is 360 cm³/mol. The van der Waals surface area contributed by atoms with Crippen molar-refractivity contribution >= 4 is 111 Å². The van der Waals surface area contributed by atoms with Crippen LogP contribution in [0.2, 0.25) is 0 Å². The number of benzene rings is 4. The fourth-order valence-electron chi connectivity index (χ4n) is 11.1. The number of ether oxygens (including phenoxy) is 4. The van der Waals surface area contributed by atoms with Gasteiger partial charge in [-0.3, -0.25) is 38.5 Å². The summed E-state index contributed by atoms with van der Waals surface area (Å²) >= 11 is 6.66. The third-order valence-corrected chi connectivity index (χ3v) is 16.8. The number of carbonyl (C=O) groups is 11. The number of amides is 10. The van der Waals surface area contributed by atoms with Crippen molar-refractivity contribution in [1.29, 1.82) is 0 Å². The van der Waals surface area contributed by atoms with Crippen LogP contribution in [0.3, 0.4) is 0 Å². The highest BCUT2D eigenvalue weighted by Crippen LogP contribution is 2.47. The van der Waals surface area contributed by atoms with Gasteiger partial charge in [-0.2, -0.15) is 0 Å². The number of Topliss-reactive ketones (excluding diaryl/α,β-unsaturated/α-hetero) is 1. The Morgan fingerprint density at radius 1 is 0.816 bits per heavy atom. The molecule has 2 aliphatic rings. The summed E-state index contributed by atoms with van der Waals surface area (Å²) in [6.07, 6.45) is 3.90. The van der Waals surface area contributed by atoms with Crippen molar-refractivity contribution in [2.24, 2.45) is 23.3 Å². The van der Waals surface area contributed by atoms with Crippen LogP contribution in [0.1, 0.15) is 95.8 Å². The molecule has 0 saturated carbocycles. The number of unbranched alkanes of at least 4 members (excludes halogenated alkanes) is 1. The van der Waals surface area contributed by atoms with Crippen molar-refractivity contribution < 1.29 is 81.9 Å². The van der Waals surface area contributed by atoms with Crippen LogP contribution in [0.5, 0.6) is 11.5 Å².